The lowest BCUT2D eigenvalue weighted by atomic mass is 10.2. The van der Waals surface area contributed by atoms with E-state index < -0.39 is 6.36 Å². The van der Waals surface area contributed by atoms with E-state index in [-0.39, 0.29) is 19.1 Å². The van der Waals surface area contributed by atoms with E-state index in [2.05, 4.69) is 4.74 Å². The molecule has 15 heavy (non-hydrogen) atoms. The van der Waals surface area contributed by atoms with Gasteiger partial charge in [-0.15, -0.1) is 13.2 Å². The molecule has 0 heterocycles. The first kappa shape index (κ1) is 14.7. The summed E-state index contributed by atoms with van der Waals surface area (Å²) in [5.41, 5.74) is 5.44. The van der Waals surface area contributed by atoms with Crippen LogP contribution in [0, 0.1) is 5.92 Å². The number of nitrogens with zero attached hydrogens (tertiary/aromatic N) is 1. The van der Waals surface area contributed by atoms with Gasteiger partial charge in [0.25, 0.3) is 0 Å². The number of nitrogens with two attached hydrogens (primary N) is 1. The van der Waals surface area contributed by atoms with Crippen molar-refractivity contribution < 1.29 is 17.9 Å². The molecule has 0 aliphatic rings. The van der Waals surface area contributed by atoms with E-state index in [1.165, 1.54) is 0 Å². The van der Waals surface area contributed by atoms with Gasteiger partial charge in [-0.25, -0.2) is 0 Å². The van der Waals surface area contributed by atoms with Crippen LogP contribution in [0.2, 0.25) is 0 Å². The molecular weight excluding hydrogens is 209 g/mol. The Labute approximate surface area is 88.4 Å². The second-order valence-corrected chi connectivity index (χ2v) is 3.53. The lowest BCUT2D eigenvalue weighted by molar-refractivity contribution is -0.325. The molecule has 0 saturated carbocycles. The van der Waals surface area contributed by atoms with Crippen LogP contribution in [0.3, 0.4) is 0 Å². The summed E-state index contributed by atoms with van der Waals surface area (Å²) < 4.78 is 38.7. The predicted octanol–water partition coefficient (Wildman–Crippen LogP) is 1.44. The fourth-order valence-corrected chi connectivity index (χ4v) is 1.18. The van der Waals surface area contributed by atoms with Gasteiger partial charge in [-0.2, -0.15) is 0 Å². The molecule has 1 atom stereocenters. The molecule has 0 aliphatic carbocycles. The van der Waals surface area contributed by atoms with Crippen molar-refractivity contribution in [3.05, 3.63) is 0 Å². The predicted molar refractivity (Wildman–Crippen MR) is 52.3 cm³/mol. The molecular formula is C9H19F3N2O. The Morgan fingerprint density at radius 2 is 2.00 bits per heavy atom. The molecule has 0 saturated heterocycles. The van der Waals surface area contributed by atoms with Crippen LogP contribution in [0.15, 0.2) is 0 Å². The zero-order valence-electron chi connectivity index (χ0n) is 9.18. The van der Waals surface area contributed by atoms with E-state index in [1.807, 2.05) is 18.7 Å². The SMILES string of the molecule is CCN(CCOC(F)(F)F)CC(C)CN. The van der Waals surface area contributed by atoms with Crippen molar-refractivity contribution in [1.29, 1.82) is 0 Å². The molecule has 0 fully saturated rings. The smallest absolute Gasteiger partial charge is 0.330 e. The second kappa shape index (κ2) is 7.03. The minimum absolute atomic E-state index is 0.278. The number of hydrogen-bond donors (Lipinski definition) is 1. The lowest BCUT2D eigenvalue weighted by Crippen LogP contribution is -2.35. The van der Waals surface area contributed by atoms with E-state index >= 15 is 0 Å². The van der Waals surface area contributed by atoms with Gasteiger partial charge in [0.15, 0.2) is 0 Å². The molecule has 2 N–H and O–H groups in total. The van der Waals surface area contributed by atoms with Crippen molar-refractivity contribution in [2.45, 2.75) is 20.2 Å². The molecule has 0 radical (unpaired) electrons. The van der Waals surface area contributed by atoms with Crippen LogP contribution in [0.25, 0.3) is 0 Å². The zero-order chi connectivity index (χ0) is 11.9. The molecule has 92 valence electrons. The van der Waals surface area contributed by atoms with Crippen LogP contribution < -0.4 is 5.73 Å². The highest BCUT2D eigenvalue weighted by atomic mass is 19.4. The van der Waals surface area contributed by atoms with Gasteiger partial charge in [-0.1, -0.05) is 13.8 Å². The highest BCUT2D eigenvalue weighted by molar-refractivity contribution is 4.61. The molecule has 0 aromatic rings. The average Bonchev–Trinajstić information content (AvgIpc) is 2.14. The first-order chi connectivity index (χ1) is 6.89. The summed E-state index contributed by atoms with van der Waals surface area (Å²) in [5.74, 6) is 0.288. The van der Waals surface area contributed by atoms with Gasteiger partial charge in [0.1, 0.15) is 0 Å². The van der Waals surface area contributed by atoms with Crippen molar-refractivity contribution in [2.24, 2.45) is 11.7 Å². The first-order valence-electron chi connectivity index (χ1n) is 5.02. The van der Waals surface area contributed by atoms with Crippen LogP contribution in [0.5, 0.6) is 0 Å². The van der Waals surface area contributed by atoms with Crippen molar-refractivity contribution in [2.75, 3.05) is 32.8 Å². The standard InChI is InChI=1S/C9H19F3N2O/c1-3-14(7-8(2)6-13)4-5-15-9(10,11)12/h8H,3-7,13H2,1-2H3. The molecule has 0 bridgehead atoms. The maximum Gasteiger partial charge on any atom is 0.522 e. The van der Waals surface area contributed by atoms with Crippen molar-refractivity contribution in [3.8, 4) is 0 Å². The third-order valence-corrected chi connectivity index (χ3v) is 2.09. The summed E-state index contributed by atoms with van der Waals surface area (Å²) in [5, 5.41) is 0. The van der Waals surface area contributed by atoms with Gasteiger partial charge >= 0.3 is 6.36 Å². The number of likely N-dealkylation sites (N-methyl/N-ethyl adjacent to an activating group) is 1. The van der Waals surface area contributed by atoms with E-state index in [4.69, 9.17) is 5.73 Å². The van der Waals surface area contributed by atoms with Crippen molar-refractivity contribution in [1.82, 2.24) is 4.90 Å². The third-order valence-electron chi connectivity index (χ3n) is 2.09. The van der Waals surface area contributed by atoms with E-state index in [0.717, 1.165) is 0 Å². The van der Waals surface area contributed by atoms with E-state index in [9.17, 15) is 13.2 Å². The Hall–Kier alpha value is -0.330. The van der Waals surface area contributed by atoms with E-state index in [0.29, 0.717) is 19.6 Å². The van der Waals surface area contributed by atoms with Crippen LogP contribution in [0.1, 0.15) is 13.8 Å². The molecule has 0 amide bonds. The largest absolute Gasteiger partial charge is 0.522 e. The minimum atomic E-state index is -4.53. The number of alkyl halides is 3. The molecule has 3 nitrogen and oxygen atoms in total. The van der Waals surface area contributed by atoms with Gasteiger partial charge in [0.05, 0.1) is 6.61 Å². The van der Waals surface area contributed by atoms with Crippen molar-refractivity contribution >= 4 is 0 Å². The third kappa shape index (κ3) is 8.65. The normalized spacial score (nSPS) is 14.6. The summed E-state index contributed by atoms with van der Waals surface area (Å²) >= 11 is 0. The molecule has 0 aliphatic heterocycles. The van der Waals surface area contributed by atoms with Gasteiger partial charge in [-0.3, -0.25) is 4.74 Å². The van der Waals surface area contributed by atoms with Gasteiger partial charge < -0.3 is 10.6 Å². The number of rotatable bonds is 7. The zero-order valence-corrected chi connectivity index (χ0v) is 9.18. The molecule has 6 heteroatoms. The van der Waals surface area contributed by atoms with Crippen LogP contribution in [-0.4, -0.2) is 44.0 Å². The molecule has 0 aromatic heterocycles. The Morgan fingerprint density at radius 3 is 2.40 bits per heavy atom. The topological polar surface area (TPSA) is 38.5 Å². The van der Waals surface area contributed by atoms with Crippen LogP contribution in [0.4, 0.5) is 13.2 Å². The Morgan fingerprint density at radius 1 is 1.40 bits per heavy atom. The van der Waals surface area contributed by atoms with Crippen LogP contribution in [-0.2, 0) is 4.74 Å². The Kier molecular flexibility index (Phi) is 6.87. The highest BCUT2D eigenvalue weighted by Gasteiger charge is 2.28. The molecule has 1 unspecified atom stereocenters. The Balaban J connectivity index is 3.71. The summed E-state index contributed by atoms with van der Waals surface area (Å²) in [6.45, 7) is 5.76. The average molecular weight is 228 g/mol. The monoisotopic (exact) mass is 228 g/mol. The summed E-state index contributed by atoms with van der Waals surface area (Å²) in [6.07, 6.45) is -4.53. The maximum absolute atomic E-state index is 11.7. The fourth-order valence-electron chi connectivity index (χ4n) is 1.18. The number of halogens is 3. The summed E-state index contributed by atoms with van der Waals surface area (Å²) in [6, 6.07) is 0. The van der Waals surface area contributed by atoms with Crippen LogP contribution >= 0.6 is 0 Å². The fraction of sp³-hybridized carbons (Fsp3) is 1.00. The van der Waals surface area contributed by atoms with Gasteiger partial charge in [-0.05, 0) is 19.0 Å². The highest BCUT2D eigenvalue weighted by Crippen LogP contribution is 2.15. The minimum Gasteiger partial charge on any atom is -0.330 e. The first-order valence-corrected chi connectivity index (χ1v) is 5.02. The summed E-state index contributed by atoms with van der Waals surface area (Å²) in [4.78, 5) is 1.89. The maximum atomic E-state index is 11.7. The molecule has 0 aromatic carbocycles. The van der Waals surface area contributed by atoms with E-state index in [1.54, 1.807) is 0 Å². The molecule has 0 spiro atoms. The van der Waals surface area contributed by atoms with Crippen molar-refractivity contribution in [3.63, 3.8) is 0 Å². The quantitative estimate of drug-likeness (QED) is 0.716. The molecule has 0 rings (SSSR count). The second-order valence-electron chi connectivity index (χ2n) is 3.53. The van der Waals surface area contributed by atoms with Gasteiger partial charge in [0, 0.05) is 13.1 Å². The van der Waals surface area contributed by atoms with Gasteiger partial charge in [0.2, 0.25) is 0 Å². The number of ether oxygens (including phenoxy) is 1. The summed E-state index contributed by atoms with van der Waals surface area (Å²) in [7, 11) is 0. The lowest BCUT2D eigenvalue weighted by Gasteiger charge is -2.23. The Bertz CT molecular complexity index is 164. The number of hydrogen-bond acceptors (Lipinski definition) is 3.